The molecule has 4 rings (SSSR count). The molecule has 3 heterocycles. The lowest BCUT2D eigenvalue weighted by atomic mass is 10.2. The zero-order valence-corrected chi connectivity index (χ0v) is 14.5. The van der Waals surface area contributed by atoms with E-state index in [9.17, 15) is 9.59 Å². The van der Waals surface area contributed by atoms with Crippen LogP contribution in [-0.4, -0.2) is 14.6 Å². The number of rotatable bonds is 2. The van der Waals surface area contributed by atoms with E-state index >= 15 is 0 Å². The molecule has 0 aliphatic rings. The minimum Gasteiger partial charge on any atom is -0.457 e. The maximum Gasteiger partial charge on any atom is 0.295 e. The molecule has 0 saturated heterocycles. The average molecular weight is 372 g/mol. The summed E-state index contributed by atoms with van der Waals surface area (Å²) in [7, 11) is 0. The van der Waals surface area contributed by atoms with Crippen LogP contribution in [0.2, 0.25) is 5.02 Å². The summed E-state index contributed by atoms with van der Waals surface area (Å²) in [5.74, 6) is 1.15. The fraction of sp³-hybridized carbons (Fsp3) is 0.0588. The summed E-state index contributed by atoms with van der Waals surface area (Å²) in [6.07, 6.45) is 1.61. The van der Waals surface area contributed by atoms with Crippen LogP contribution >= 0.6 is 22.9 Å². The molecule has 6 nitrogen and oxygen atoms in total. The Hall–Kier alpha value is -2.77. The second kappa shape index (κ2) is 5.94. The zero-order valence-electron chi connectivity index (χ0n) is 12.9. The molecule has 3 aromatic heterocycles. The van der Waals surface area contributed by atoms with Gasteiger partial charge in [-0.2, -0.15) is 14.6 Å². The van der Waals surface area contributed by atoms with E-state index in [2.05, 4.69) is 10.1 Å². The Morgan fingerprint density at radius 1 is 1.24 bits per heavy atom. The van der Waals surface area contributed by atoms with Gasteiger partial charge in [0.2, 0.25) is 4.96 Å². The van der Waals surface area contributed by atoms with Gasteiger partial charge in [-0.05, 0) is 31.2 Å². The van der Waals surface area contributed by atoms with Gasteiger partial charge in [0.05, 0.1) is 0 Å². The highest BCUT2D eigenvalue weighted by molar-refractivity contribution is 7.15. The van der Waals surface area contributed by atoms with Crippen LogP contribution in [0.5, 0.6) is 0 Å². The molecule has 0 N–H and O–H groups in total. The van der Waals surface area contributed by atoms with Gasteiger partial charge in [0, 0.05) is 16.7 Å². The molecule has 1 aromatic carbocycles. The topological polar surface area (TPSA) is 77.5 Å². The Kier molecular flexibility index (Phi) is 3.74. The molecule has 0 unspecified atom stereocenters. The summed E-state index contributed by atoms with van der Waals surface area (Å²) in [5, 5.41) is 4.59. The van der Waals surface area contributed by atoms with Crippen LogP contribution in [-0.2, 0) is 0 Å². The first-order chi connectivity index (χ1) is 12.0. The molecular formula is C17H10ClN3O3S. The molecule has 0 aliphatic carbocycles. The molecule has 4 aromatic rings. The van der Waals surface area contributed by atoms with Gasteiger partial charge in [-0.15, -0.1) is 0 Å². The van der Waals surface area contributed by atoms with Crippen molar-refractivity contribution in [2.75, 3.05) is 0 Å². The first-order valence-electron chi connectivity index (χ1n) is 7.29. The minimum absolute atomic E-state index is 0.181. The lowest BCUT2D eigenvalue weighted by Gasteiger charge is -1.96. The Labute approximate surface area is 149 Å². The summed E-state index contributed by atoms with van der Waals surface area (Å²) in [4.78, 5) is 28.1. The van der Waals surface area contributed by atoms with Crippen molar-refractivity contribution in [1.82, 2.24) is 14.6 Å². The number of furan rings is 1. The normalized spacial score (nSPS) is 12.2. The highest BCUT2D eigenvalue weighted by Crippen LogP contribution is 2.25. The third kappa shape index (κ3) is 2.88. The number of aryl methyl sites for hydroxylation is 1. The second-order valence-electron chi connectivity index (χ2n) is 5.32. The van der Waals surface area contributed by atoms with Crippen molar-refractivity contribution in [3.63, 3.8) is 0 Å². The van der Waals surface area contributed by atoms with Gasteiger partial charge in [-0.3, -0.25) is 9.59 Å². The predicted octanol–water partition coefficient (Wildman–Crippen LogP) is 2.28. The Bertz CT molecular complexity index is 1270. The Balaban J connectivity index is 1.82. The molecule has 0 amide bonds. The van der Waals surface area contributed by atoms with Crippen LogP contribution in [0.3, 0.4) is 0 Å². The van der Waals surface area contributed by atoms with Crippen molar-refractivity contribution in [3.8, 4) is 11.3 Å². The number of fused-ring (bicyclic) bond motifs is 1. The Morgan fingerprint density at radius 3 is 2.88 bits per heavy atom. The summed E-state index contributed by atoms with van der Waals surface area (Å²) >= 11 is 7.08. The SMILES string of the molecule is Cc1nn2c(=O)/c(=C\c3ccc(-c4cccc(Cl)c4)o3)sc2nc1=O. The van der Waals surface area contributed by atoms with E-state index in [1.54, 1.807) is 30.3 Å². The molecule has 0 atom stereocenters. The maximum atomic E-state index is 12.4. The largest absolute Gasteiger partial charge is 0.457 e. The number of aromatic nitrogens is 3. The predicted molar refractivity (Wildman–Crippen MR) is 96.1 cm³/mol. The van der Waals surface area contributed by atoms with E-state index in [-0.39, 0.29) is 16.2 Å². The van der Waals surface area contributed by atoms with Crippen LogP contribution in [0.1, 0.15) is 11.5 Å². The molecule has 0 radical (unpaired) electrons. The molecule has 124 valence electrons. The first kappa shape index (κ1) is 15.7. The summed E-state index contributed by atoms with van der Waals surface area (Å²) in [5.41, 5.74) is 0.251. The average Bonchev–Trinajstić information content (AvgIpc) is 3.15. The van der Waals surface area contributed by atoms with Gasteiger partial charge in [0.15, 0.2) is 0 Å². The maximum absolute atomic E-state index is 12.4. The van der Waals surface area contributed by atoms with E-state index in [1.807, 2.05) is 12.1 Å². The van der Waals surface area contributed by atoms with Crippen LogP contribution in [0.25, 0.3) is 22.4 Å². The van der Waals surface area contributed by atoms with Crippen LogP contribution < -0.4 is 15.7 Å². The van der Waals surface area contributed by atoms with Crippen molar-refractivity contribution in [3.05, 3.63) is 78.1 Å². The van der Waals surface area contributed by atoms with E-state index in [0.717, 1.165) is 21.4 Å². The molecule has 8 heteroatoms. The molecule has 0 saturated carbocycles. The summed E-state index contributed by atoms with van der Waals surface area (Å²) < 4.78 is 7.29. The fourth-order valence-electron chi connectivity index (χ4n) is 2.34. The Morgan fingerprint density at radius 2 is 2.08 bits per heavy atom. The van der Waals surface area contributed by atoms with E-state index in [4.69, 9.17) is 16.0 Å². The number of hydrogen-bond donors (Lipinski definition) is 0. The molecule has 0 aliphatic heterocycles. The molecule has 25 heavy (non-hydrogen) atoms. The highest BCUT2D eigenvalue weighted by Gasteiger charge is 2.09. The third-order valence-electron chi connectivity index (χ3n) is 3.55. The van der Waals surface area contributed by atoms with Crippen molar-refractivity contribution in [1.29, 1.82) is 0 Å². The number of halogens is 1. The van der Waals surface area contributed by atoms with E-state index in [0.29, 0.717) is 21.1 Å². The van der Waals surface area contributed by atoms with Crippen LogP contribution in [0, 0.1) is 6.92 Å². The smallest absolute Gasteiger partial charge is 0.295 e. The van der Waals surface area contributed by atoms with Crippen LogP contribution in [0.4, 0.5) is 0 Å². The number of thiazole rings is 1. The van der Waals surface area contributed by atoms with Crippen molar-refractivity contribution in [2.24, 2.45) is 0 Å². The zero-order chi connectivity index (χ0) is 17.6. The van der Waals surface area contributed by atoms with Crippen molar-refractivity contribution < 1.29 is 4.42 Å². The fourth-order valence-corrected chi connectivity index (χ4v) is 3.42. The molecule has 0 fully saturated rings. The monoisotopic (exact) mass is 371 g/mol. The minimum atomic E-state index is -0.436. The lowest BCUT2D eigenvalue weighted by Crippen LogP contribution is -2.27. The van der Waals surface area contributed by atoms with Gasteiger partial charge in [-0.1, -0.05) is 35.1 Å². The summed E-state index contributed by atoms with van der Waals surface area (Å²) in [6.45, 7) is 1.52. The second-order valence-corrected chi connectivity index (χ2v) is 6.77. The van der Waals surface area contributed by atoms with Gasteiger partial charge < -0.3 is 4.42 Å². The van der Waals surface area contributed by atoms with E-state index < -0.39 is 5.56 Å². The van der Waals surface area contributed by atoms with Gasteiger partial charge >= 0.3 is 0 Å². The van der Waals surface area contributed by atoms with Gasteiger partial charge in [-0.25, -0.2) is 0 Å². The summed E-state index contributed by atoms with van der Waals surface area (Å²) in [6, 6.07) is 10.9. The number of benzene rings is 1. The first-order valence-corrected chi connectivity index (χ1v) is 8.49. The van der Waals surface area contributed by atoms with Crippen LogP contribution in [0.15, 0.2) is 50.4 Å². The molecular weight excluding hydrogens is 362 g/mol. The molecule has 0 spiro atoms. The van der Waals surface area contributed by atoms with Gasteiger partial charge in [0.1, 0.15) is 21.7 Å². The number of hydrogen-bond acceptors (Lipinski definition) is 6. The van der Waals surface area contributed by atoms with Gasteiger partial charge in [0.25, 0.3) is 11.1 Å². The van der Waals surface area contributed by atoms with Crippen molar-refractivity contribution >= 4 is 34.0 Å². The number of nitrogens with zero attached hydrogens (tertiary/aromatic N) is 3. The van der Waals surface area contributed by atoms with Crippen molar-refractivity contribution in [2.45, 2.75) is 6.92 Å². The molecule has 0 bridgehead atoms. The quantitative estimate of drug-likeness (QED) is 0.540. The highest BCUT2D eigenvalue weighted by atomic mass is 35.5. The lowest BCUT2D eigenvalue weighted by molar-refractivity contribution is 0.571. The standard InChI is InChI=1S/C17H10ClN3O3S/c1-9-15(22)19-17-21(20-9)16(23)14(25-17)8-12-5-6-13(24-12)10-3-2-4-11(18)7-10/h2-8H,1H3/b14-8+. The van der Waals surface area contributed by atoms with E-state index in [1.165, 1.54) is 6.92 Å². The third-order valence-corrected chi connectivity index (χ3v) is 4.75.